The van der Waals surface area contributed by atoms with E-state index < -0.39 is 0 Å². The highest BCUT2D eigenvalue weighted by Crippen LogP contribution is 1.98. The molecule has 0 bridgehead atoms. The van der Waals surface area contributed by atoms with Gasteiger partial charge in [-0.1, -0.05) is 0 Å². The predicted molar refractivity (Wildman–Crippen MR) is 36.4 cm³/mol. The molecule has 1 unspecified atom stereocenters. The fourth-order valence-corrected chi connectivity index (χ4v) is 0.703. The van der Waals surface area contributed by atoms with Gasteiger partial charge < -0.3 is 5.11 Å². The molecule has 10 heavy (non-hydrogen) atoms. The molecule has 4 nitrogen and oxygen atoms in total. The summed E-state index contributed by atoms with van der Waals surface area (Å²) in [5, 5.41) is 18.9. The van der Waals surface area contributed by atoms with Crippen LogP contribution in [0.4, 0.5) is 0 Å². The zero-order valence-corrected chi connectivity index (χ0v) is 5.91. The van der Waals surface area contributed by atoms with Gasteiger partial charge in [-0.3, -0.25) is 0 Å². The van der Waals surface area contributed by atoms with Gasteiger partial charge in [0.1, 0.15) is 0 Å². The van der Waals surface area contributed by atoms with E-state index in [0.717, 1.165) is 18.5 Å². The van der Waals surface area contributed by atoms with Gasteiger partial charge in [-0.2, -0.15) is 15.4 Å². The lowest BCUT2D eigenvalue weighted by Gasteiger charge is -1.98. The second kappa shape index (κ2) is 3.31. The van der Waals surface area contributed by atoms with E-state index in [9.17, 15) is 0 Å². The lowest BCUT2D eigenvalue weighted by molar-refractivity contribution is 0.184. The van der Waals surface area contributed by atoms with E-state index in [1.54, 1.807) is 13.1 Å². The first-order valence-electron chi connectivity index (χ1n) is 3.32. The molecule has 0 radical (unpaired) electrons. The number of aliphatic hydroxyl groups is 1. The first-order chi connectivity index (χ1) is 4.79. The normalized spacial score (nSPS) is 13.4. The molecule has 1 rings (SSSR count). The minimum Gasteiger partial charge on any atom is -0.393 e. The van der Waals surface area contributed by atoms with Crippen molar-refractivity contribution in [2.45, 2.75) is 25.9 Å². The first-order valence-corrected chi connectivity index (χ1v) is 3.32. The number of aliphatic hydroxyl groups excluding tert-OH is 1. The highest BCUT2D eigenvalue weighted by Gasteiger charge is 1.98. The summed E-state index contributed by atoms with van der Waals surface area (Å²) in [6, 6.07) is 0. The molecule has 0 amide bonds. The van der Waals surface area contributed by atoms with Gasteiger partial charge in [0, 0.05) is 0 Å². The molecule has 1 atom stereocenters. The Bertz CT molecular complexity index is 171. The minimum absolute atomic E-state index is 0.253. The van der Waals surface area contributed by atoms with Crippen LogP contribution in [0.15, 0.2) is 6.20 Å². The maximum absolute atomic E-state index is 8.89. The van der Waals surface area contributed by atoms with Crippen LogP contribution in [0.5, 0.6) is 0 Å². The van der Waals surface area contributed by atoms with Crippen LogP contribution >= 0.6 is 0 Å². The van der Waals surface area contributed by atoms with Crippen molar-refractivity contribution in [1.82, 2.24) is 15.4 Å². The maximum atomic E-state index is 8.89. The van der Waals surface area contributed by atoms with Crippen LogP contribution < -0.4 is 0 Å². The number of aryl methyl sites for hydroxylation is 1. The molecule has 1 aromatic heterocycles. The fraction of sp³-hybridized carbons (Fsp3) is 0.667. The summed E-state index contributed by atoms with van der Waals surface area (Å²) < 4.78 is 0. The number of nitrogens with one attached hydrogen (secondary N) is 1. The maximum Gasteiger partial charge on any atom is 0.0825 e. The van der Waals surface area contributed by atoms with Gasteiger partial charge in [0.2, 0.25) is 0 Å². The zero-order chi connectivity index (χ0) is 7.40. The van der Waals surface area contributed by atoms with Gasteiger partial charge >= 0.3 is 0 Å². The van der Waals surface area contributed by atoms with Crippen molar-refractivity contribution in [2.75, 3.05) is 0 Å². The topological polar surface area (TPSA) is 61.8 Å². The van der Waals surface area contributed by atoms with Gasteiger partial charge in [0.15, 0.2) is 0 Å². The quantitative estimate of drug-likeness (QED) is 0.628. The van der Waals surface area contributed by atoms with Gasteiger partial charge in [0.25, 0.3) is 0 Å². The molecule has 1 heterocycles. The molecule has 0 aliphatic heterocycles. The average Bonchev–Trinajstić information content (AvgIpc) is 2.34. The summed E-state index contributed by atoms with van der Waals surface area (Å²) >= 11 is 0. The summed E-state index contributed by atoms with van der Waals surface area (Å²) in [6.45, 7) is 1.76. The third-order valence-corrected chi connectivity index (χ3v) is 1.28. The Morgan fingerprint density at radius 1 is 1.80 bits per heavy atom. The second-order valence-corrected chi connectivity index (χ2v) is 2.35. The summed E-state index contributed by atoms with van der Waals surface area (Å²) in [5.74, 6) is 0. The number of hydrogen-bond acceptors (Lipinski definition) is 3. The molecule has 0 aliphatic carbocycles. The lowest BCUT2D eigenvalue weighted by Crippen LogP contribution is -2.01. The number of aromatic amines is 1. The van der Waals surface area contributed by atoms with Crippen molar-refractivity contribution in [3.8, 4) is 0 Å². The van der Waals surface area contributed by atoms with Crippen molar-refractivity contribution in [3.63, 3.8) is 0 Å². The highest BCUT2D eigenvalue weighted by atomic mass is 16.3. The van der Waals surface area contributed by atoms with Gasteiger partial charge in [-0.25, -0.2) is 0 Å². The number of nitrogens with zero attached hydrogens (tertiary/aromatic N) is 2. The average molecular weight is 141 g/mol. The van der Waals surface area contributed by atoms with Crippen LogP contribution in [0.1, 0.15) is 19.0 Å². The van der Waals surface area contributed by atoms with E-state index in [-0.39, 0.29) is 6.10 Å². The van der Waals surface area contributed by atoms with Crippen molar-refractivity contribution in [1.29, 1.82) is 0 Å². The summed E-state index contributed by atoms with van der Waals surface area (Å²) in [4.78, 5) is 0. The number of H-pyrrole nitrogens is 1. The van der Waals surface area contributed by atoms with E-state index in [0.29, 0.717) is 0 Å². The Kier molecular flexibility index (Phi) is 2.39. The molecule has 0 aliphatic rings. The molecule has 0 saturated heterocycles. The standard InChI is InChI=1S/C6H11N3O/c1-5(10)2-3-6-4-7-9-8-6/h4-5,10H,2-3H2,1H3,(H,7,8,9). The SMILES string of the molecule is CC(O)CCc1cn[nH]n1. The van der Waals surface area contributed by atoms with Crippen LogP contribution in [0.2, 0.25) is 0 Å². The van der Waals surface area contributed by atoms with Crippen LogP contribution in [-0.2, 0) is 6.42 Å². The van der Waals surface area contributed by atoms with E-state index in [1.807, 2.05) is 0 Å². The molecule has 0 spiro atoms. The Morgan fingerprint density at radius 2 is 2.60 bits per heavy atom. The predicted octanol–water partition coefficient (Wildman–Crippen LogP) is 0.118. The van der Waals surface area contributed by atoms with Gasteiger partial charge in [-0.05, 0) is 19.8 Å². The molecular formula is C6H11N3O. The van der Waals surface area contributed by atoms with E-state index >= 15 is 0 Å². The molecular weight excluding hydrogens is 130 g/mol. The molecule has 2 N–H and O–H groups in total. The Morgan fingerprint density at radius 3 is 3.10 bits per heavy atom. The number of rotatable bonds is 3. The van der Waals surface area contributed by atoms with Crippen molar-refractivity contribution < 1.29 is 5.11 Å². The monoisotopic (exact) mass is 141 g/mol. The molecule has 0 fully saturated rings. The highest BCUT2D eigenvalue weighted by molar-refractivity contribution is 4.90. The van der Waals surface area contributed by atoms with Crippen LogP contribution in [0.25, 0.3) is 0 Å². The Balaban J connectivity index is 2.28. The molecule has 4 heteroatoms. The third kappa shape index (κ3) is 2.14. The molecule has 56 valence electrons. The Labute approximate surface area is 59.3 Å². The van der Waals surface area contributed by atoms with Gasteiger partial charge in [0.05, 0.1) is 18.0 Å². The van der Waals surface area contributed by atoms with E-state index in [2.05, 4.69) is 15.4 Å². The van der Waals surface area contributed by atoms with E-state index in [1.165, 1.54) is 0 Å². The minimum atomic E-state index is -0.253. The van der Waals surface area contributed by atoms with Crippen LogP contribution in [0.3, 0.4) is 0 Å². The summed E-state index contributed by atoms with van der Waals surface area (Å²) in [5.41, 5.74) is 0.904. The van der Waals surface area contributed by atoms with Crippen molar-refractivity contribution in [3.05, 3.63) is 11.9 Å². The fourth-order valence-electron chi connectivity index (χ4n) is 0.703. The van der Waals surface area contributed by atoms with E-state index in [4.69, 9.17) is 5.11 Å². The molecule has 1 aromatic rings. The number of aromatic nitrogens is 3. The van der Waals surface area contributed by atoms with Crippen LogP contribution in [-0.4, -0.2) is 26.6 Å². The molecule has 0 aromatic carbocycles. The van der Waals surface area contributed by atoms with Gasteiger partial charge in [-0.15, -0.1) is 0 Å². The summed E-state index contributed by atoms with van der Waals surface area (Å²) in [6.07, 6.45) is 2.94. The van der Waals surface area contributed by atoms with Crippen molar-refractivity contribution >= 4 is 0 Å². The zero-order valence-electron chi connectivity index (χ0n) is 5.91. The third-order valence-electron chi connectivity index (χ3n) is 1.28. The smallest absolute Gasteiger partial charge is 0.0825 e. The van der Waals surface area contributed by atoms with Crippen LogP contribution in [0, 0.1) is 0 Å². The second-order valence-electron chi connectivity index (χ2n) is 2.35. The summed E-state index contributed by atoms with van der Waals surface area (Å²) in [7, 11) is 0. The largest absolute Gasteiger partial charge is 0.393 e. The molecule has 0 saturated carbocycles. The first kappa shape index (κ1) is 7.21. The number of hydrogen-bond donors (Lipinski definition) is 2. The van der Waals surface area contributed by atoms with Crippen molar-refractivity contribution in [2.24, 2.45) is 0 Å². The lowest BCUT2D eigenvalue weighted by atomic mass is 10.2. The Hall–Kier alpha value is -0.900.